The van der Waals surface area contributed by atoms with E-state index in [2.05, 4.69) is 4.90 Å². The third kappa shape index (κ3) is 3.49. The summed E-state index contributed by atoms with van der Waals surface area (Å²) in [5.41, 5.74) is 0. The van der Waals surface area contributed by atoms with Gasteiger partial charge >= 0.3 is 0 Å². The summed E-state index contributed by atoms with van der Waals surface area (Å²) in [7, 11) is -1.44. The minimum absolute atomic E-state index is 0.0681. The maximum absolute atomic E-state index is 12.4. The van der Waals surface area contributed by atoms with Crippen LogP contribution in [0, 0.1) is 0 Å². The van der Waals surface area contributed by atoms with Crippen molar-refractivity contribution in [3.05, 3.63) is 24.3 Å². The number of aliphatic hydroxyl groups excluding tert-OH is 1. The lowest BCUT2D eigenvalue weighted by molar-refractivity contribution is 0.201. The van der Waals surface area contributed by atoms with Crippen LogP contribution in [0.4, 0.5) is 0 Å². The van der Waals surface area contributed by atoms with E-state index < -0.39 is 10.0 Å². The van der Waals surface area contributed by atoms with Gasteiger partial charge in [0.1, 0.15) is 12.4 Å². The van der Waals surface area contributed by atoms with E-state index in [0.29, 0.717) is 18.8 Å². The van der Waals surface area contributed by atoms with Gasteiger partial charge in [-0.25, -0.2) is 8.42 Å². The zero-order chi connectivity index (χ0) is 14.6. The normalized spacial score (nSPS) is 18.1. The maximum Gasteiger partial charge on any atom is 0.243 e. The van der Waals surface area contributed by atoms with Crippen LogP contribution in [-0.4, -0.2) is 69.2 Å². The molecule has 0 amide bonds. The Morgan fingerprint density at radius 1 is 1.15 bits per heavy atom. The second-order valence-corrected chi connectivity index (χ2v) is 6.69. The molecule has 1 aliphatic heterocycles. The molecular formula is C13H20N2O4S. The monoisotopic (exact) mass is 300 g/mol. The SMILES string of the molecule is CN1CCN(S(=O)(=O)c2ccc(OCCO)cc2)CC1. The molecule has 2 rings (SSSR count). The summed E-state index contributed by atoms with van der Waals surface area (Å²) in [6, 6.07) is 6.30. The molecule has 1 saturated heterocycles. The molecule has 20 heavy (non-hydrogen) atoms. The average molecular weight is 300 g/mol. The molecule has 1 aromatic rings. The zero-order valence-corrected chi connectivity index (χ0v) is 12.3. The zero-order valence-electron chi connectivity index (χ0n) is 11.5. The molecule has 1 aromatic carbocycles. The molecule has 1 N–H and O–H groups in total. The molecular weight excluding hydrogens is 280 g/mol. The largest absolute Gasteiger partial charge is 0.491 e. The first-order chi connectivity index (χ1) is 9.54. The Kier molecular flexibility index (Phi) is 4.98. The number of aliphatic hydroxyl groups is 1. The first-order valence-corrected chi connectivity index (χ1v) is 8.00. The highest BCUT2D eigenvalue weighted by Crippen LogP contribution is 2.20. The van der Waals surface area contributed by atoms with Crippen LogP contribution in [0.2, 0.25) is 0 Å². The number of ether oxygens (including phenoxy) is 1. The Bertz CT molecular complexity index is 522. The van der Waals surface area contributed by atoms with Crippen molar-refractivity contribution >= 4 is 10.0 Å². The second-order valence-electron chi connectivity index (χ2n) is 4.75. The number of piperazine rings is 1. The maximum atomic E-state index is 12.4. The fourth-order valence-electron chi connectivity index (χ4n) is 2.05. The summed E-state index contributed by atoms with van der Waals surface area (Å²) in [4.78, 5) is 2.39. The minimum Gasteiger partial charge on any atom is -0.491 e. The highest BCUT2D eigenvalue weighted by Gasteiger charge is 2.27. The topological polar surface area (TPSA) is 70.1 Å². The van der Waals surface area contributed by atoms with Crippen LogP contribution in [0.1, 0.15) is 0 Å². The average Bonchev–Trinajstić information content (AvgIpc) is 2.46. The first kappa shape index (κ1) is 15.2. The van der Waals surface area contributed by atoms with Crippen molar-refractivity contribution in [2.75, 3.05) is 46.4 Å². The quantitative estimate of drug-likeness (QED) is 0.828. The molecule has 0 spiro atoms. The molecule has 0 bridgehead atoms. The fraction of sp³-hybridized carbons (Fsp3) is 0.538. The molecule has 0 saturated carbocycles. The van der Waals surface area contributed by atoms with Crippen LogP contribution in [-0.2, 0) is 10.0 Å². The lowest BCUT2D eigenvalue weighted by Gasteiger charge is -2.31. The van der Waals surface area contributed by atoms with Crippen molar-refractivity contribution in [3.63, 3.8) is 0 Å². The fourth-order valence-corrected chi connectivity index (χ4v) is 3.47. The number of benzene rings is 1. The highest BCUT2D eigenvalue weighted by atomic mass is 32.2. The number of sulfonamides is 1. The van der Waals surface area contributed by atoms with E-state index in [4.69, 9.17) is 9.84 Å². The van der Waals surface area contributed by atoms with Gasteiger partial charge in [-0.05, 0) is 31.3 Å². The lowest BCUT2D eigenvalue weighted by atomic mass is 10.3. The smallest absolute Gasteiger partial charge is 0.243 e. The highest BCUT2D eigenvalue weighted by molar-refractivity contribution is 7.89. The van der Waals surface area contributed by atoms with Crippen LogP contribution in [0.3, 0.4) is 0 Å². The third-order valence-electron chi connectivity index (χ3n) is 3.28. The number of nitrogens with zero attached hydrogens (tertiary/aromatic N) is 2. The minimum atomic E-state index is -3.42. The van der Waals surface area contributed by atoms with Crippen molar-refractivity contribution < 1.29 is 18.3 Å². The molecule has 0 aromatic heterocycles. The first-order valence-electron chi connectivity index (χ1n) is 6.56. The number of hydrogen-bond donors (Lipinski definition) is 1. The summed E-state index contributed by atoms with van der Waals surface area (Å²) in [5.74, 6) is 0.552. The van der Waals surface area contributed by atoms with Gasteiger partial charge in [-0.3, -0.25) is 0 Å². The molecule has 1 heterocycles. The van der Waals surface area contributed by atoms with Crippen LogP contribution >= 0.6 is 0 Å². The summed E-state index contributed by atoms with van der Waals surface area (Å²) < 4.78 is 31.6. The van der Waals surface area contributed by atoms with E-state index in [9.17, 15) is 8.42 Å². The number of likely N-dealkylation sites (N-methyl/N-ethyl adjacent to an activating group) is 1. The third-order valence-corrected chi connectivity index (χ3v) is 5.20. The molecule has 1 fully saturated rings. The second kappa shape index (κ2) is 6.53. The van der Waals surface area contributed by atoms with Crippen LogP contribution in [0.5, 0.6) is 5.75 Å². The van der Waals surface area contributed by atoms with E-state index in [1.165, 1.54) is 4.31 Å². The van der Waals surface area contributed by atoms with Gasteiger partial charge in [0, 0.05) is 26.2 Å². The lowest BCUT2D eigenvalue weighted by Crippen LogP contribution is -2.46. The van der Waals surface area contributed by atoms with E-state index in [-0.39, 0.29) is 18.1 Å². The summed E-state index contributed by atoms with van der Waals surface area (Å²) in [6.45, 7) is 2.66. The standard InChI is InChI=1S/C13H20N2O4S/c1-14-6-8-15(9-7-14)20(17,18)13-4-2-12(3-5-13)19-11-10-16/h2-5,16H,6-11H2,1H3. The van der Waals surface area contributed by atoms with Gasteiger partial charge in [0.15, 0.2) is 0 Å². The Morgan fingerprint density at radius 2 is 1.75 bits per heavy atom. The summed E-state index contributed by atoms with van der Waals surface area (Å²) in [6.07, 6.45) is 0. The van der Waals surface area contributed by atoms with Crippen LogP contribution in [0.25, 0.3) is 0 Å². The summed E-state index contributed by atoms with van der Waals surface area (Å²) in [5, 5.41) is 8.67. The van der Waals surface area contributed by atoms with Gasteiger partial charge in [0.2, 0.25) is 10.0 Å². The number of rotatable bonds is 5. The Hall–Kier alpha value is -1.15. The van der Waals surface area contributed by atoms with Crippen molar-refractivity contribution in [2.45, 2.75) is 4.90 Å². The predicted molar refractivity (Wildman–Crippen MR) is 75.3 cm³/mol. The van der Waals surface area contributed by atoms with Gasteiger partial charge in [-0.2, -0.15) is 4.31 Å². The van der Waals surface area contributed by atoms with Gasteiger partial charge < -0.3 is 14.7 Å². The Morgan fingerprint density at radius 3 is 2.30 bits per heavy atom. The van der Waals surface area contributed by atoms with Crippen molar-refractivity contribution in [1.29, 1.82) is 0 Å². The van der Waals surface area contributed by atoms with Gasteiger partial charge in [0.05, 0.1) is 11.5 Å². The number of hydrogen-bond acceptors (Lipinski definition) is 5. The van der Waals surface area contributed by atoms with E-state index in [1.807, 2.05) is 7.05 Å². The van der Waals surface area contributed by atoms with E-state index in [0.717, 1.165) is 13.1 Å². The van der Waals surface area contributed by atoms with Gasteiger partial charge in [-0.1, -0.05) is 0 Å². The molecule has 0 radical (unpaired) electrons. The van der Waals surface area contributed by atoms with Crippen molar-refractivity contribution in [1.82, 2.24) is 9.21 Å². The van der Waals surface area contributed by atoms with Crippen LogP contribution in [0.15, 0.2) is 29.2 Å². The van der Waals surface area contributed by atoms with Crippen molar-refractivity contribution in [2.24, 2.45) is 0 Å². The predicted octanol–water partition coefficient (Wildman–Crippen LogP) is -0.00620. The molecule has 0 unspecified atom stereocenters. The Labute approximate surface area is 119 Å². The van der Waals surface area contributed by atoms with E-state index >= 15 is 0 Å². The molecule has 0 atom stereocenters. The Balaban J connectivity index is 2.09. The molecule has 7 heteroatoms. The molecule has 0 aliphatic carbocycles. The van der Waals surface area contributed by atoms with Crippen molar-refractivity contribution in [3.8, 4) is 5.75 Å². The van der Waals surface area contributed by atoms with Gasteiger partial charge in [0.25, 0.3) is 0 Å². The summed E-state index contributed by atoms with van der Waals surface area (Å²) >= 11 is 0. The van der Waals surface area contributed by atoms with E-state index in [1.54, 1.807) is 24.3 Å². The molecule has 1 aliphatic rings. The molecule has 112 valence electrons. The molecule has 6 nitrogen and oxygen atoms in total. The van der Waals surface area contributed by atoms with Gasteiger partial charge in [-0.15, -0.1) is 0 Å². The van der Waals surface area contributed by atoms with Crippen LogP contribution < -0.4 is 4.74 Å².